The van der Waals surface area contributed by atoms with E-state index in [9.17, 15) is 9.18 Å². The molecule has 2 aromatic rings. The van der Waals surface area contributed by atoms with Gasteiger partial charge < -0.3 is 9.42 Å². The van der Waals surface area contributed by atoms with Crippen LogP contribution in [0.1, 0.15) is 30.2 Å². The Morgan fingerprint density at radius 2 is 2.23 bits per heavy atom. The van der Waals surface area contributed by atoms with Crippen LogP contribution in [0, 0.1) is 25.6 Å². The summed E-state index contributed by atoms with van der Waals surface area (Å²) in [6, 6.07) is 4.50. The van der Waals surface area contributed by atoms with Gasteiger partial charge in [0.15, 0.2) is 5.82 Å². The Kier molecular flexibility index (Phi) is 5.32. The molecule has 1 N–H and O–H groups in total. The zero-order chi connectivity index (χ0) is 18.8. The maximum atomic E-state index is 13.3. The first kappa shape index (κ1) is 18.5. The van der Waals surface area contributed by atoms with Crippen molar-refractivity contribution in [1.29, 1.82) is 0 Å². The minimum atomic E-state index is -0.424. The predicted octanol–water partition coefficient (Wildman–Crippen LogP) is 5.04. The average molecular weight is 378 g/mol. The minimum absolute atomic E-state index is 0.113. The van der Waals surface area contributed by atoms with E-state index in [1.54, 1.807) is 24.0 Å². The summed E-state index contributed by atoms with van der Waals surface area (Å²) in [5, 5.41) is 6.78. The Balaban J connectivity index is 1.66. The topological polar surface area (TPSA) is 58.4 Å². The molecule has 0 saturated carbocycles. The minimum Gasteiger partial charge on any atom is -0.359 e. The van der Waals surface area contributed by atoms with Gasteiger partial charge in [0.1, 0.15) is 11.6 Å². The van der Waals surface area contributed by atoms with E-state index in [4.69, 9.17) is 16.1 Å². The molecule has 2 amide bonds. The molecule has 1 atom stereocenters. The van der Waals surface area contributed by atoms with E-state index < -0.39 is 5.82 Å². The zero-order valence-electron chi connectivity index (χ0n) is 15.0. The number of amides is 2. The van der Waals surface area contributed by atoms with Crippen LogP contribution < -0.4 is 5.32 Å². The number of carbonyl (C=O) groups excluding carboxylic acids is 1. The van der Waals surface area contributed by atoms with Crippen molar-refractivity contribution < 1.29 is 13.7 Å². The van der Waals surface area contributed by atoms with Crippen molar-refractivity contribution in [2.75, 3.05) is 18.4 Å². The number of nitrogens with zero attached hydrogens (tertiary/aromatic N) is 2. The van der Waals surface area contributed by atoms with Gasteiger partial charge in [0.25, 0.3) is 0 Å². The molecule has 1 aliphatic rings. The molecule has 1 aliphatic heterocycles. The molecule has 138 valence electrons. The lowest BCUT2D eigenvalue weighted by Crippen LogP contribution is -2.42. The van der Waals surface area contributed by atoms with E-state index >= 15 is 0 Å². The second kappa shape index (κ2) is 7.50. The zero-order valence-corrected chi connectivity index (χ0v) is 15.7. The fourth-order valence-corrected chi connectivity index (χ4v) is 3.17. The third-order valence-corrected chi connectivity index (χ3v) is 5.05. The average Bonchev–Trinajstić information content (AvgIpc) is 2.92. The number of carbonyl (C=O) groups is 1. The summed E-state index contributed by atoms with van der Waals surface area (Å²) in [6.45, 7) is 6.94. The van der Waals surface area contributed by atoms with Crippen LogP contribution in [0.15, 0.2) is 28.3 Å². The maximum absolute atomic E-state index is 13.3. The second-order valence-electron chi connectivity index (χ2n) is 6.63. The van der Waals surface area contributed by atoms with Crippen LogP contribution in [-0.4, -0.2) is 29.2 Å². The normalized spacial score (nSPS) is 19.0. The lowest BCUT2D eigenvalue weighted by molar-refractivity contribution is 0.197. The molecule has 0 aliphatic carbocycles. The molecule has 0 bridgehead atoms. The molecule has 1 aromatic carbocycles. The molecule has 1 fully saturated rings. The van der Waals surface area contributed by atoms with Crippen LogP contribution in [0.25, 0.3) is 6.08 Å². The number of aryl methyl sites for hydroxylation is 1. The van der Waals surface area contributed by atoms with Gasteiger partial charge in [-0.15, -0.1) is 0 Å². The molecule has 0 radical (unpaired) electrons. The number of halogens is 2. The highest BCUT2D eigenvalue weighted by Crippen LogP contribution is 2.27. The summed E-state index contributed by atoms with van der Waals surface area (Å²) in [4.78, 5) is 14.2. The van der Waals surface area contributed by atoms with Crippen LogP contribution in [0.5, 0.6) is 0 Å². The van der Waals surface area contributed by atoms with Gasteiger partial charge in [0, 0.05) is 18.7 Å². The van der Waals surface area contributed by atoms with E-state index in [-0.39, 0.29) is 17.0 Å². The number of hydrogen-bond donors (Lipinski definition) is 1. The molecule has 7 heteroatoms. The Hall–Kier alpha value is -2.34. The SMILES string of the molecule is Cc1onc(NC(=O)N2CCC(=Cc3ccc(F)c(Cl)c3)C(C)C2)c1C. The highest BCUT2D eigenvalue weighted by molar-refractivity contribution is 6.30. The number of aromatic nitrogens is 1. The molecule has 26 heavy (non-hydrogen) atoms. The van der Waals surface area contributed by atoms with Crippen molar-refractivity contribution in [2.45, 2.75) is 27.2 Å². The van der Waals surface area contributed by atoms with Gasteiger partial charge in [0.2, 0.25) is 0 Å². The van der Waals surface area contributed by atoms with Gasteiger partial charge >= 0.3 is 6.03 Å². The van der Waals surface area contributed by atoms with Crippen molar-refractivity contribution in [1.82, 2.24) is 10.1 Å². The van der Waals surface area contributed by atoms with E-state index in [0.29, 0.717) is 24.7 Å². The monoisotopic (exact) mass is 377 g/mol. The first-order valence-electron chi connectivity index (χ1n) is 8.49. The van der Waals surface area contributed by atoms with Crippen molar-refractivity contribution in [3.05, 3.63) is 51.5 Å². The van der Waals surface area contributed by atoms with Crippen molar-refractivity contribution in [3.63, 3.8) is 0 Å². The molecule has 1 unspecified atom stereocenters. The van der Waals surface area contributed by atoms with Gasteiger partial charge in [-0.3, -0.25) is 5.32 Å². The molecule has 3 rings (SSSR count). The summed E-state index contributed by atoms with van der Waals surface area (Å²) in [6.07, 6.45) is 2.77. The molecule has 5 nitrogen and oxygen atoms in total. The number of likely N-dealkylation sites (tertiary alicyclic amines) is 1. The lowest BCUT2D eigenvalue weighted by atomic mass is 9.91. The van der Waals surface area contributed by atoms with E-state index in [2.05, 4.69) is 17.4 Å². The Bertz CT molecular complexity index is 862. The van der Waals surface area contributed by atoms with Crippen LogP contribution in [0.3, 0.4) is 0 Å². The van der Waals surface area contributed by atoms with Crippen LogP contribution in [-0.2, 0) is 0 Å². The number of urea groups is 1. The van der Waals surface area contributed by atoms with Gasteiger partial charge in [-0.05, 0) is 43.9 Å². The molecule has 1 saturated heterocycles. The predicted molar refractivity (Wildman–Crippen MR) is 99.7 cm³/mol. The summed E-state index contributed by atoms with van der Waals surface area (Å²) in [5.74, 6) is 0.920. The van der Waals surface area contributed by atoms with Crippen LogP contribution >= 0.6 is 11.6 Å². The molecule has 1 aromatic heterocycles. The summed E-state index contributed by atoms with van der Waals surface area (Å²) >= 11 is 5.85. The fraction of sp³-hybridized carbons (Fsp3) is 0.368. The summed E-state index contributed by atoms with van der Waals surface area (Å²) in [5.41, 5.74) is 2.91. The quantitative estimate of drug-likeness (QED) is 0.797. The maximum Gasteiger partial charge on any atom is 0.323 e. The highest BCUT2D eigenvalue weighted by atomic mass is 35.5. The van der Waals surface area contributed by atoms with Crippen molar-refractivity contribution >= 4 is 29.5 Å². The largest absolute Gasteiger partial charge is 0.359 e. The van der Waals surface area contributed by atoms with Crippen LogP contribution in [0.2, 0.25) is 5.02 Å². The number of rotatable bonds is 2. The Morgan fingerprint density at radius 1 is 1.46 bits per heavy atom. The van der Waals surface area contributed by atoms with Crippen LogP contribution in [0.4, 0.5) is 15.0 Å². The standard InChI is InChI=1S/C19H21ClFN3O2/c1-11-10-24(19(25)22-18-12(2)13(3)26-23-18)7-6-15(11)8-14-4-5-17(21)16(20)9-14/h4-5,8-9,11H,6-7,10H2,1-3H3,(H,22,23,25). The molecule has 0 spiro atoms. The van der Waals surface area contributed by atoms with Gasteiger partial charge in [-0.25, -0.2) is 9.18 Å². The smallest absolute Gasteiger partial charge is 0.323 e. The number of benzene rings is 1. The third kappa shape index (κ3) is 3.90. The lowest BCUT2D eigenvalue weighted by Gasteiger charge is -2.33. The van der Waals surface area contributed by atoms with Crippen molar-refractivity contribution in [3.8, 4) is 0 Å². The number of piperidine rings is 1. The van der Waals surface area contributed by atoms with E-state index in [1.807, 2.05) is 13.0 Å². The van der Waals surface area contributed by atoms with E-state index in [0.717, 1.165) is 17.5 Å². The molecular weight excluding hydrogens is 357 g/mol. The Labute approximate surface area is 156 Å². The van der Waals surface area contributed by atoms with Gasteiger partial charge in [-0.2, -0.15) is 0 Å². The van der Waals surface area contributed by atoms with Gasteiger partial charge in [-0.1, -0.05) is 41.4 Å². The van der Waals surface area contributed by atoms with Crippen molar-refractivity contribution in [2.24, 2.45) is 5.92 Å². The molecular formula is C19H21ClFN3O2. The number of nitrogens with one attached hydrogen (secondary N) is 1. The Morgan fingerprint density at radius 3 is 2.85 bits per heavy atom. The first-order valence-corrected chi connectivity index (χ1v) is 8.87. The fourth-order valence-electron chi connectivity index (χ4n) is 2.98. The molecule has 2 heterocycles. The third-order valence-electron chi connectivity index (χ3n) is 4.76. The number of anilines is 1. The number of hydrogen-bond acceptors (Lipinski definition) is 3. The highest BCUT2D eigenvalue weighted by Gasteiger charge is 2.25. The van der Waals surface area contributed by atoms with Gasteiger partial charge in [0.05, 0.1) is 5.02 Å². The first-order chi connectivity index (χ1) is 12.3. The second-order valence-corrected chi connectivity index (χ2v) is 7.04. The van der Waals surface area contributed by atoms with E-state index in [1.165, 1.54) is 11.6 Å². The summed E-state index contributed by atoms with van der Waals surface area (Å²) < 4.78 is 18.4. The summed E-state index contributed by atoms with van der Waals surface area (Å²) in [7, 11) is 0.